The van der Waals surface area contributed by atoms with E-state index in [-0.39, 0.29) is 0 Å². The number of phenolic OH excluding ortho intramolecular Hbond substituents is 1. The van der Waals surface area contributed by atoms with Crippen molar-refractivity contribution in [1.82, 2.24) is 5.32 Å². The molecular formula is C13H15NOS. The minimum Gasteiger partial charge on any atom is -0.508 e. The molecule has 2 rings (SSSR count). The van der Waals surface area contributed by atoms with E-state index in [9.17, 15) is 5.11 Å². The predicted octanol–water partition coefficient (Wildman–Crippen LogP) is 2.79. The van der Waals surface area contributed by atoms with E-state index < -0.39 is 0 Å². The van der Waals surface area contributed by atoms with Crippen LogP contribution in [0.25, 0.3) is 0 Å². The molecule has 0 aliphatic carbocycles. The number of phenols is 1. The first-order valence-corrected chi connectivity index (χ1v) is 6.29. The molecule has 0 aliphatic heterocycles. The molecule has 0 fully saturated rings. The molecule has 0 radical (unpaired) electrons. The van der Waals surface area contributed by atoms with Crippen molar-refractivity contribution in [1.29, 1.82) is 0 Å². The maximum absolute atomic E-state index is 9.57. The Morgan fingerprint density at radius 2 is 2.06 bits per heavy atom. The summed E-state index contributed by atoms with van der Waals surface area (Å²) in [4.78, 5) is 0. The Morgan fingerprint density at radius 3 is 2.81 bits per heavy atom. The fraction of sp³-hybridized carbons (Fsp3) is 0.231. The van der Waals surface area contributed by atoms with Crippen LogP contribution in [0.2, 0.25) is 0 Å². The lowest BCUT2D eigenvalue weighted by Crippen LogP contribution is -2.16. The first-order valence-electron chi connectivity index (χ1n) is 5.35. The molecule has 2 aromatic rings. The summed E-state index contributed by atoms with van der Waals surface area (Å²) in [5, 5.41) is 17.2. The van der Waals surface area contributed by atoms with Gasteiger partial charge in [-0.1, -0.05) is 18.2 Å². The molecule has 0 amide bonds. The zero-order valence-corrected chi connectivity index (χ0v) is 9.83. The highest BCUT2D eigenvalue weighted by atomic mass is 32.1. The van der Waals surface area contributed by atoms with Crippen molar-refractivity contribution < 1.29 is 5.11 Å². The maximum atomic E-state index is 9.57. The first-order chi connectivity index (χ1) is 7.86. The second-order valence-electron chi connectivity index (χ2n) is 3.69. The SMILES string of the molecule is Oc1ccccc1CCNCc1ccsc1. The molecule has 0 saturated carbocycles. The highest BCUT2D eigenvalue weighted by Gasteiger charge is 1.98. The summed E-state index contributed by atoms with van der Waals surface area (Å²) < 4.78 is 0. The van der Waals surface area contributed by atoms with Crippen molar-refractivity contribution in [3.05, 3.63) is 52.2 Å². The van der Waals surface area contributed by atoms with E-state index >= 15 is 0 Å². The van der Waals surface area contributed by atoms with Gasteiger partial charge in [0.05, 0.1) is 0 Å². The Bertz CT molecular complexity index is 425. The average Bonchev–Trinajstić information content (AvgIpc) is 2.79. The minimum atomic E-state index is 0.389. The van der Waals surface area contributed by atoms with Crippen LogP contribution in [0.4, 0.5) is 0 Å². The first kappa shape index (κ1) is 11.2. The summed E-state index contributed by atoms with van der Waals surface area (Å²) in [6, 6.07) is 9.61. The number of hydrogen-bond acceptors (Lipinski definition) is 3. The van der Waals surface area contributed by atoms with Crippen molar-refractivity contribution in [2.24, 2.45) is 0 Å². The topological polar surface area (TPSA) is 32.3 Å². The van der Waals surface area contributed by atoms with Crippen molar-refractivity contribution in [3.63, 3.8) is 0 Å². The van der Waals surface area contributed by atoms with Gasteiger partial charge >= 0.3 is 0 Å². The highest BCUT2D eigenvalue weighted by Crippen LogP contribution is 2.15. The molecule has 84 valence electrons. The minimum absolute atomic E-state index is 0.389. The molecule has 3 heteroatoms. The lowest BCUT2D eigenvalue weighted by Gasteiger charge is -2.05. The second-order valence-corrected chi connectivity index (χ2v) is 4.47. The fourth-order valence-corrected chi connectivity index (χ4v) is 2.24. The predicted molar refractivity (Wildman–Crippen MR) is 67.8 cm³/mol. The fourth-order valence-electron chi connectivity index (χ4n) is 1.57. The van der Waals surface area contributed by atoms with Crippen LogP contribution in [0.3, 0.4) is 0 Å². The van der Waals surface area contributed by atoms with Crippen LogP contribution in [0, 0.1) is 0 Å². The molecule has 0 spiro atoms. The van der Waals surface area contributed by atoms with Gasteiger partial charge in [0, 0.05) is 6.54 Å². The van der Waals surface area contributed by atoms with E-state index in [1.165, 1.54) is 5.56 Å². The lowest BCUT2D eigenvalue weighted by molar-refractivity contribution is 0.467. The Morgan fingerprint density at radius 1 is 1.19 bits per heavy atom. The van der Waals surface area contributed by atoms with Gasteiger partial charge in [0.2, 0.25) is 0 Å². The van der Waals surface area contributed by atoms with Crippen LogP contribution in [0.15, 0.2) is 41.1 Å². The van der Waals surface area contributed by atoms with Crippen LogP contribution < -0.4 is 5.32 Å². The largest absolute Gasteiger partial charge is 0.508 e. The van der Waals surface area contributed by atoms with Gasteiger partial charge in [-0.3, -0.25) is 0 Å². The van der Waals surface area contributed by atoms with E-state index in [0.717, 1.165) is 25.1 Å². The van der Waals surface area contributed by atoms with Gasteiger partial charge in [-0.2, -0.15) is 11.3 Å². The number of benzene rings is 1. The molecule has 2 N–H and O–H groups in total. The third-order valence-electron chi connectivity index (χ3n) is 2.47. The van der Waals surface area contributed by atoms with Crippen molar-refractivity contribution in [2.75, 3.05) is 6.54 Å². The van der Waals surface area contributed by atoms with Gasteiger partial charge in [-0.05, 0) is 47.0 Å². The maximum Gasteiger partial charge on any atom is 0.118 e. The van der Waals surface area contributed by atoms with Crippen molar-refractivity contribution in [2.45, 2.75) is 13.0 Å². The quantitative estimate of drug-likeness (QED) is 0.778. The molecule has 2 nitrogen and oxygen atoms in total. The molecule has 0 atom stereocenters. The number of aromatic hydroxyl groups is 1. The van der Waals surface area contributed by atoms with E-state index in [0.29, 0.717) is 5.75 Å². The monoisotopic (exact) mass is 233 g/mol. The van der Waals surface area contributed by atoms with Gasteiger partial charge in [0.1, 0.15) is 5.75 Å². The van der Waals surface area contributed by atoms with E-state index in [1.54, 1.807) is 17.4 Å². The van der Waals surface area contributed by atoms with E-state index in [2.05, 4.69) is 22.1 Å². The van der Waals surface area contributed by atoms with Gasteiger partial charge < -0.3 is 10.4 Å². The van der Waals surface area contributed by atoms with Crippen LogP contribution in [-0.2, 0) is 13.0 Å². The Hall–Kier alpha value is -1.32. The molecule has 1 heterocycles. The lowest BCUT2D eigenvalue weighted by atomic mass is 10.1. The van der Waals surface area contributed by atoms with E-state index in [4.69, 9.17) is 0 Å². The Balaban J connectivity index is 1.74. The molecule has 1 aromatic carbocycles. The summed E-state index contributed by atoms with van der Waals surface area (Å²) in [5.41, 5.74) is 2.32. The Labute approximate surface area is 99.6 Å². The number of hydrogen-bond donors (Lipinski definition) is 2. The Kier molecular flexibility index (Phi) is 3.97. The zero-order valence-electron chi connectivity index (χ0n) is 9.02. The number of rotatable bonds is 5. The molecule has 0 bridgehead atoms. The standard InChI is InChI=1S/C13H15NOS/c15-13-4-2-1-3-12(13)5-7-14-9-11-6-8-16-10-11/h1-4,6,8,10,14-15H,5,7,9H2. The highest BCUT2D eigenvalue weighted by molar-refractivity contribution is 7.07. The van der Waals surface area contributed by atoms with Crippen LogP contribution in [-0.4, -0.2) is 11.7 Å². The molecule has 0 aliphatic rings. The van der Waals surface area contributed by atoms with Gasteiger partial charge in [0.25, 0.3) is 0 Å². The summed E-state index contributed by atoms with van der Waals surface area (Å²) >= 11 is 1.72. The normalized spacial score (nSPS) is 10.5. The van der Waals surface area contributed by atoms with Gasteiger partial charge in [0.15, 0.2) is 0 Å². The average molecular weight is 233 g/mol. The van der Waals surface area contributed by atoms with Gasteiger partial charge in [-0.25, -0.2) is 0 Å². The summed E-state index contributed by atoms with van der Waals surface area (Å²) in [6.07, 6.45) is 0.858. The summed E-state index contributed by atoms with van der Waals surface area (Å²) in [7, 11) is 0. The van der Waals surface area contributed by atoms with Crippen molar-refractivity contribution in [3.8, 4) is 5.75 Å². The third kappa shape index (κ3) is 3.08. The van der Waals surface area contributed by atoms with E-state index in [1.807, 2.05) is 18.2 Å². The molecule has 0 saturated heterocycles. The van der Waals surface area contributed by atoms with Gasteiger partial charge in [-0.15, -0.1) is 0 Å². The molecular weight excluding hydrogens is 218 g/mol. The molecule has 0 unspecified atom stereocenters. The van der Waals surface area contributed by atoms with Crippen LogP contribution in [0.1, 0.15) is 11.1 Å². The third-order valence-corrected chi connectivity index (χ3v) is 3.20. The number of thiophene rings is 1. The molecule has 1 aromatic heterocycles. The summed E-state index contributed by atoms with van der Waals surface area (Å²) in [5.74, 6) is 0.389. The van der Waals surface area contributed by atoms with Crippen LogP contribution >= 0.6 is 11.3 Å². The summed E-state index contributed by atoms with van der Waals surface area (Å²) in [6.45, 7) is 1.78. The number of nitrogens with one attached hydrogen (secondary N) is 1. The zero-order chi connectivity index (χ0) is 11.2. The number of para-hydroxylation sites is 1. The molecule has 16 heavy (non-hydrogen) atoms. The second kappa shape index (κ2) is 5.68. The smallest absolute Gasteiger partial charge is 0.118 e. The van der Waals surface area contributed by atoms with Crippen molar-refractivity contribution >= 4 is 11.3 Å². The van der Waals surface area contributed by atoms with Crippen LogP contribution in [0.5, 0.6) is 5.75 Å².